The first-order chi connectivity index (χ1) is 7.31. The third-order valence-electron chi connectivity index (χ3n) is 2.15. The van der Waals surface area contributed by atoms with Gasteiger partial charge in [-0.1, -0.05) is 39.3 Å². The fraction of sp³-hybridized carbons (Fsp3) is 0.667. The lowest BCUT2D eigenvalue weighted by atomic mass is 9.96. The van der Waals surface area contributed by atoms with Crippen LogP contribution in [0.5, 0.6) is 0 Å². The topological polar surface area (TPSA) is 29.0 Å². The number of aromatic nitrogens is 2. The van der Waals surface area contributed by atoms with Gasteiger partial charge in [0, 0.05) is 26.1 Å². The van der Waals surface area contributed by atoms with E-state index < -0.39 is 0 Å². The molecule has 0 fully saturated rings. The molecule has 1 aromatic heterocycles. The van der Waals surface area contributed by atoms with Crippen molar-refractivity contribution >= 4 is 17.4 Å². The van der Waals surface area contributed by atoms with Gasteiger partial charge in [-0.25, -0.2) is 9.97 Å². The zero-order valence-corrected chi connectivity index (χ0v) is 11.5. The van der Waals surface area contributed by atoms with Gasteiger partial charge < -0.3 is 4.90 Å². The summed E-state index contributed by atoms with van der Waals surface area (Å²) in [6.07, 6.45) is 0.802. The Morgan fingerprint density at radius 1 is 1.31 bits per heavy atom. The lowest BCUT2D eigenvalue weighted by Crippen LogP contribution is -2.30. The molecule has 0 N–H and O–H groups in total. The first-order valence-electron chi connectivity index (χ1n) is 5.56. The third-order valence-corrected chi connectivity index (χ3v) is 2.34. The molecule has 1 heterocycles. The average molecular weight is 242 g/mol. The first kappa shape index (κ1) is 13.2. The van der Waals surface area contributed by atoms with Crippen LogP contribution >= 0.6 is 11.6 Å². The Bertz CT molecular complexity index is 358. The van der Waals surface area contributed by atoms with Gasteiger partial charge >= 0.3 is 0 Å². The first-order valence-corrected chi connectivity index (χ1v) is 5.94. The maximum Gasteiger partial charge on any atom is 0.134 e. The predicted molar refractivity (Wildman–Crippen MR) is 69.1 cm³/mol. The number of hydrogen-bond acceptors (Lipinski definition) is 3. The average Bonchev–Trinajstić information content (AvgIpc) is 2.14. The summed E-state index contributed by atoms with van der Waals surface area (Å²) in [5.41, 5.74) is 0.235. The van der Waals surface area contributed by atoms with Crippen molar-refractivity contribution in [2.75, 3.05) is 18.5 Å². The van der Waals surface area contributed by atoms with Gasteiger partial charge in [0.15, 0.2) is 0 Å². The number of rotatable bonds is 3. The van der Waals surface area contributed by atoms with Crippen molar-refractivity contribution in [2.24, 2.45) is 5.41 Å². The monoisotopic (exact) mass is 241 g/mol. The quantitative estimate of drug-likeness (QED) is 0.762. The van der Waals surface area contributed by atoms with Crippen molar-refractivity contribution in [2.45, 2.75) is 34.1 Å². The normalized spacial score (nSPS) is 11.6. The predicted octanol–water partition coefficient (Wildman–Crippen LogP) is 3.17. The van der Waals surface area contributed by atoms with E-state index in [1.165, 1.54) is 0 Å². The molecular weight excluding hydrogens is 222 g/mol. The van der Waals surface area contributed by atoms with Crippen LogP contribution in [0, 0.1) is 5.41 Å². The number of aryl methyl sites for hydroxylation is 1. The Balaban J connectivity index is 2.90. The fourth-order valence-electron chi connectivity index (χ4n) is 1.60. The summed E-state index contributed by atoms with van der Waals surface area (Å²) in [6.45, 7) is 9.57. The van der Waals surface area contributed by atoms with Gasteiger partial charge in [-0.05, 0) is 5.41 Å². The SMILES string of the molecule is CCc1nc(Cl)cc(N(C)CC(C)(C)C)n1. The van der Waals surface area contributed by atoms with Gasteiger partial charge in [0.2, 0.25) is 0 Å². The zero-order chi connectivity index (χ0) is 12.3. The molecule has 0 spiro atoms. The standard InChI is InChI=1S/C12H20ClN3/c1-6-10-14-9(13)7-11(15-10)16(5)8-12(2,3)4/h7H,6,8H2,1-5H3. The van der Waals surface area contributed by atoms with Crippen LogP contribution in [0.2, 0.25) is 5.15 Å². The van der Waals surface area contributed by atoms with E-state index in [-0.39, 0.29) is 5.41 Å². The smallest absolute Gasteiger partial charge is 0.134 e. The maximum atomic E-state index is 5.97. The van der Waals surface area contributed by atoms with Gasteiger partial charge in [-0.2, -0.15) is 0 Å². The second kappa shape index (κ2) is 5.00. The molecule has 0 unspecified atom stereocenters. The summed E-state index contributed by atoms with van der Waals surface area (Å²) in [6, 6.07) is 1.81. The highest BCUT2D eigenvalue weighted by atomic mass is 35.5. The lowest BCUT2D eigenvalue weighted by molar-refractivity contribution is 0.417. The molecule has 1 aromatic rings. The molecule has 0 saturated heterocycles. The lowest BCUT2D eigenvalue weighted by Gasteiger charge is -2.27. The number of halogens is 1. The molecule has 0 bridgehead atoms. The molecule has 16 heavy (non-hydrogen) atoms. The molecule has 0 radical (unpaired) electrons. The molecular formula is C12H20ClN3. The van der Waals surface area contributed by atoms with E-state index in [9.17, 15) is 0 Å². The molecule has 0 aliphatic carbocycles. The summed E-state index contributed by atoms with van der Waals surface area (Å²) in [7, 11) is 2.03. The van der Waals surface area contributed by atoms with Crippen molar-refractivity contribution in [3.63, 3.8) is 0 Å². The highest BCUT2D eigenvalue weighted by molar-refractivity contribution is 6.29. The summed E-state index contributed by atoms with van der Waals surface area (Å²) < 4.78 is 0. The van der Waals surface area contributed by atoms with Crippen molar-refractivity contribution in [3.05, 3.63) is 17.0 Å². The van der Waals surface area contributed by atoms with Crippen LogP contribution in [0.15, 0.2) is 6.07 Å². The molecule has 0 aliphatic rings. The van der Waals surface area contributed by atoms with Gasteiger partial charge in [0.25, 0.3) is 0 Å². The van der Waals surface area contributed by atoms with Crippen LogP contribution in [-0.2, 0) is 6.42 Å². The van der Waals surface area contributed by atoms with Crippen LogP contribution in [0.3, 0.4) is 0 Å². The van der Waals surface area contributed by atoms with Crippen LogP contribution < -0.4 is 4.90 Å². The van der Waals surface area contributed by atoms with Gasteiger partial charge in [-0.15, -0.1) is 0 Å². The van der Waals surface area contributed by atoms with Gasteiger partial charge in [0.1, 0.15) is 16.8 Å². The van der Waals surface area contributed by atoms with E-state index in [0.717, 1.165) is 24.6 Å². The van der Waals surface area contributed by atoms with E-state index in [1.807, 2.05) is 20.0 Å². The highest BCUT2D eigenvalue weighted by Gasteiger charge is 2.15. The minimum Gasteiger partial charge on any atom is -0.359 e. The van der Waals surface area contributed by atoms with Crippen molar-refractivity contribution in [1.29, 1.82) is 0 Å². The van der Waals surface area contributed by atoms with Crippen molar-refractivity contribution < 1.29 is 0 Å². The molecule has 0 saturated carbocycles. The minimum absolute atomic E-state index is 0.235. The summed E-state index contributed by atoms with van der Waals surface area (Å²) in [4.78, 5) is 10.7. The van der Waals surface area contributed by atoms with E-state index in [1.54, 1.807) is 0 Å². The molecule has 1 rings (SSSR count). The second-order valence-electron chi connectivity index (χ2n) is 5.24. The second-order valence-corrected chi connectivity index (χ2v) is 5.62. The minimum atomic E-state index is 0.235. The van der Waals surface area contributed by atoms with E-state index in [0.29, 0.717) is 5.15 Å². The fourth-order valence-corrected chi connectivity index (χ4v) is 1.79. The summed E-state index contributed by atoms with van der Waals surface area (Å²) in [5.74, 6) is 1.69. The molecule has 3 nitrogen and oxygen atoms in total. The number of hydrogen-bond donors (Lipinski definition) is 0. The molecule has 90 valence electrons. The Kier molecular flexibility index (Phi) is 4.14. The maximum absolute atomic E-state index is 5.97. The van der Waals surface area contributed by atoms with Crippen molar-refractivity contribution in [3.8, 4) is 0 Å². The van der Waals surface area contributed by atoms with E-state index in [4.69, 9.17) is 11.6 Å². The number of nitrogens with zero attached hydrogens (tertiary/aromatic N) is 3. The molecule has 0 amide bonds. The Morgan fingerprint density at radius 2 is 1.94 bits per heavy atom. The Hall–Kier alpha value is -0.830. The molecule has 4 heteroatoms. The molecule has 0 aromatic carbocycles. The molecule has 0 aliphatic heterocycles. The van der Waals surface area contributed by atoms with Gasteiger partial charge in [0.05, 0.1) is 0 Å². The van der Waals surface area contributed by atoms with Crippen LogP contribution in [-0.4, -0.2) is 23.6 Å². The zero-order valence-electron chi connectivity index (χ0n) is 10.7. The van der Waals surface area contributed by atoms with Crippen LogP contribution in [0.4, 0.5) is 5.82 Å². The summed E-state index contributed by atoms with van der Waals surface area (Å²) in [5, 5.41) is 0.516. The highest BCUT2D eigenvalue weighted by Crippen LogP contribution is 2.20. The Morgan fingerprint density at radius 3 is 2.44 bits per heavy atom. The van der Waals surface area contributed by atoms with E-state index >= 15 is 0 Å². The number of anilines is 1. The summed E-state index contributed by atoms with van der Waals surface area (Å²) >= 11 is 5.97. The molecule has 0 atom stereocenters. The van der Waals surface area contributed by atoms with Crippen LogP contribution in [0.25, 0.3) is 0 Å². The van der Waals surface area contributed by atoms with E-state index in [2.05, 4.69) is 35.6 Å². The largest absolute Gasteiger partial charge is 0.359 e. The third kappa shape index (κ3) is 3.97. The Labute approximate surface area is 103 Å². The van der Waals surface area contributed by atoms with Gasteiger partial charge in [-0.3, -0.25) is 0 Å². The van der Waals surface area contributed by atoms with Crippen LogP contribution in [0.1, 0.15) is 33.5 Å². The van der Waals surface area contributed by atoms with Crippen molar-refractivity contribution in [1.82, 2.24) is 9.97 Å².